The van der Waals surface area contributed by atoms with Gasteiger partial charge in [0.2, 0.25) is 0 Å². The molecule has 0 aromatic carbocycles. The fraction of sp³-hybridized carbons (Fsp3) is 0.625. The smallest absolute Gasteiger partial charge is 0.254 e. The highest BCUT2D eigenvalue weighted by Gasteiger charge is 2.28. The molecule has 0 spiro atoms. The zero-order valence-electron chi connectivity index (χ0n) is 12.7. The van der Waals surface area contributed by atoms with Gasteiger partial charge in [-0.2, -0.15) is 0 Å². The average Bonchev–Trinajstić information content (AvgIpc) is 3.07. The predicted molar refractivity (Wildman–Crippen MR) is 86.3 cm³/mol. The van der Waals surface area contributed by atoms with Gasteiger partial charge in [-0.15, -0.1) is 11.3 Å². The van der Waals surface area contributed by atoms with Gasteiger partial charge in [0.1, 0.15) is 11.1 Å². The topological polar surface area (TPSA) is 81.4 Å². The number of carbonyl (C=O) groups is 2. The van der Waals surface area contributed by atoms with Crippen LogP contribution in [-0.4, -0.2) is 24.5 Å². The third-order valence-corrected chi connectivity index (χ3v) is 5.58. The Labute approximate surface area is 134 Å². The van der Waals surface area contributed by atoms with Crippen LogP contribution in [0.5, 0.6) is 0 Å². The maximum Gasteiger partial charge on any atom is 0.254 e. The number of hydrogen-bond acceptors (Lipinski definition) is 4. The fourth-order valence-corrected chi connectivity index (χ4v) is 4.54. The van der Waals surface area contributed by atoms with Crippen molar-refractivity contribution in [3.8, 4) is 0 Å². The lowest BCUT2D eigenvalue weighted by Crippen LogP contribution is -2.27. The van der Waals surface area contributed by atoms with Crippen molar-refractivity contribution in [2.24, 2.45) is 5.73 Å². The molecule has 1 aliphatic heterocycles. The van der Waals surface area contributed by atoms with E-state index in [1.54, 1.807) is 0 Å². The molecule has 0 bridgehead atoms. The minimum absolute atomic E-state index is 0.158. The lowest BCUT2D eigenvalue weighted by Gasteiger charge is -2.11. The summed E-state index contributed by atoms with van der Waals surface area (Å²) in [5.74, 6) is -0.602. The number of aryl methyl sites for hydroxylation is 1. The minimum atomic E-state index is -0.444. The van der Waals surface area contributed by atoms with Crippen LogP contribution in [0.25, 0.3) is 0 Å². The van der Waals surface area contributed by atoms with Gasteiger partial charge in [0.25, 0.3) is 11.8 Å². The second-order valence-electron chi connectivity index (χ2n) is 5.98. The van der Waals surface area contributed by atoms with E-state index < -0.39 is 12.0 Å². The molecule has 1 fully saturated rings. The molecule has 1 aliphatic carbocycles. The SMILES string of the molecule is NC(=O)c1c(NC(=O)C2CCCO2)sc2c1CCCCCC2. The quantitative estimate of drug-likeness (QED) is 0.897. The van der Waals surface area contributed by atoms with Crippen LogP contribution >= 0.6 is 11.3 Å². The number of rotatable bonds is 3. The van der Waals surface area contributed by atoms with Crippen molar-refractivity contribution in [3.05, 3.63) is 16.0 Å². The van der Waals surface area contributed by atoms with E-state index in [1.807, 2.05) is 0 Å². The van der Waals surface area contributed by atoms with Crippen molar-refractivity contribution in [2.45, 2.75) is 57.5 Å². The monoisotopic (exact) mass is 322 g/mol. The molecule has 2 aliphatic rings. The van der Waals surface area contributed by atoms with Crippen molar-refractivity contribution >= 4 is 28.2 Å². The standard InChI is InChI=1S/C16H22N2O3S/c17-14(19)13-10-6-3-1-2-4-8-12(10)22-16(13)18-15(20)11-7-5-9-21-11/h11H,1-9H2,(H2,17,19)(H,18,20). The summed E-state index contributed by atoms with van der Waals surface area (Å²) >= 11 is 1.51. The van der Waals surface area contributed by atoms with Crippen LogP contribution in [0.15, 0.2) is 0 Å². The molecule has 1 atom stereocenters. The van der Waals surface area contributed by atoms with Crippen LogP contribution < -0.4 is 11.1 Å². The zero-order chi connectivity index (χ0) is 15.5. The van der Waals surface area contributed by atoms with Crippen molar-refractivity contribution in [2.75, 3.05) is 11.9 Å². The van der Waals surface area contributed by atoms with Gasteiger partial charge in [-0.3, -0.25) is 9.59 Å². The Hall–Kier alpha value is -1.40. The van der Waals surface area contributed by atoms with Crippen molar-refractivity contribution < 1.29 is 14.3 Å². The number of carbonyl (C=O) groups excluding carboxylic acids is 2. The van der Waals surface area contributed by atoms with E-state index in [1.165, 1.54) is 29.1 Å². The highest BCUT2D eigenvalue weighted by molar-refractivity contribution is 7.17. The molecule has 120 valence electrons. The molecule has 2 amide bonds. The summed E-state index contributed by atoms with van der Waals surface area (Å²) in [5.41, 5.74) is 7.16. The second-order valence-corrected chi connectivity index (χ2v) is 7.08. The molecule has 1 saturated heterocycles. The molecule has 2 heterocycles. The summed E-state index contributed by atoms with van der Waals surface area (Å²) in [6.07, 6.45) is 7.70. The molecule has 5 nitrogen and oxygen atoms in total. The third-order valence-electron chi connectivity index (χ3n) is 4.38. The Morgan fingerprint density at radius 2 is 1.91 bits per heavy atom. The van der Waals surface area contributed by atoms with Crippen molar-refractivity contribution in [3.63, 3.8) is 0 Å². The molecule has 22 heavy (non-hydrogen) atoms. The third kappa shape index (κ3) is 3.17. The van der Waals surface area contributed by atoms with Gasteiger partial charge in [-0.05, 0) is 44.1 Å². The van der Waals surface area contributed by atoms with Gasteiger partial charge >= 0.3 is 0 Å². The van der Waals surface area contributed by atoms with Crippen LogP contribution in [0.2, 0.25) is 0 Å². The molecule has 1 aromatic heterocycles. The van der Waals surface area contributed by atoms with E-state index in [4.69, 9.17) is 10.5 Å². The van der Waals surface area contributed by atoms with Gasteiger partial charge in [0, 0.05) is 11.5 Å². The Bertz CT molecular complexity index is 576. The molecule has 3 rings (SSSR count). The first-order valence-corrected chi connectivity index (χ1v) is 8.85. The predicted octanol–water partition coefficient (Wildman–Crippen LogP) is 2.62. The Morgan fingerprint density at radius 3 is 2.59 bits per heavy atom. The lowest BCUT2D eigenvalue weighted by atomic mass is 9.96. The van der Waals surface area contributed by atoms with Gasteiger partial charge in [-0.1, -0.05) is 12.8 Å². The van der Waals surface area contributed by atoms with Crippen molar-refractivity contribution in [1.82, 2.24) is 0 Å². The van der Waals surface area contributed by atoms with E-state index in [-0.39, 0.29) is 5.91 Å². The van der Waals surface area contributed by atoms with Crippen molar-refractivity contribution in [1.29, 1.82) is 0 Å². The molecule has 3 N–H and O–H groups in total. The van der Waals surface area contributed by atoms with Gasteiger partial charge in [0.05, 0.1) is 5.56 Å². The first-order valence-electron chi connectivity index (χ1n) is 8.03. The summed E-state index contributed by atoms with van der Waals surface area (Å²) < 4.78 is 5.41. The fourth-order valence-electron chi connectivity index (χ4n) is 3.24. The highest BCUT2D eigenvalue weighted by atomic mass is 32.1. The zero-order valence-corrected chi connectivity index (χ0v) is 13.5. The largest absolute Gasteiger partial charge is 0.368 e. The number of thiophene rings is 1. The number of fused-ring (bicyclic) bond motifs is 1. The van der Waals surface area contributed by atoms with Crippen LogP contribution in [-0.2, 0) is 22.4 Å². The summed E-state index contributed by atoms with van der Waals surface area (Å²) in [4.78, 5) is 25.4. The summed E-state index contributed by atoms with van der Waals surface area (Å²) in [6.45, 7) is 0.627. The number of nitrogens with two attached hydrogens (primary N) is 1. The van der Waals surface area contributed by atoms with Gasteiger partial charge in [-0.25, -0.2) is 0 Å². The Kier molecular flexibility index (Phi) is 4.78. The summed E-state index contributed by atoms with van der Waals surface area (Å²) in [6, 6.07) is 0. The van der Waals surface area contributed by atoms with E-state index in [0.717, 1.165) is 44.1 Å². The number of hydrogen-bond donors (Lipinski definition) is 2. The van der Waals surface area contributed by atoms with Crippen LogP contribution in [0.1, 0.15) is 59.3 Å². The molecule has 6 heteroatoms. The lowest BCUT2D eigenvalue weighted by molar-refractivity contribution is -0.124. The summed E-state index contributed by atoms with van der Waals surface area (Å²) in [5, 5.41) is 3.50. The average molecular weight is 322 g/mol. The van der Waals surface area contributed by atoms with E-state index >= 15 is 0 Å². The minimum Gasteiger partial charge on any atom is -0.368 e. The van der Waals surface area contributed by atoms with E-state index in [0.29, 0.717) is 17.2 Å². The molecule has 0 radical (unpaired) electrons. The number of nitrogens with one attached hydrogen (secondary N) is 1. The highest BCUT2D eigenvalue weighted by Crippen LogP contribution is 2.37. The maximum absolute atomic E-state index is 12.3. The second kappa shape index (κ2) is 6.79. The van der Waals surface area contributed by atoms with Crippen LogP contribution in [0.4, 0.5) is 5.00 Å². The number of amides is 2. The molecule has 1 aromatic rings. The molecular weight excluding hydrogens is 300 g/mol. The van der Waals surface area contributed by atoms with Gasteiger partial charge in [0.15, 0.2) is 0 Å². The maximum atomic E-state index is 12.3. The molecule has 1 unspecified atom stereocenters. The normalized spacial score (nSPS) is 21.7. The number of anilines is 1. The first kappa shape index (κ1) is 15.5. The molecular formula is C16H22N2O3S. The van der Waals surface area contributed by atoms with Crippen LogP contribution in [0.3, 0.4) is 0 Å². The summed E-state index contributed by atoms with van der Waals surface area (Å²) in [7, 11) is 0. The molecule has 0 saturated carbocycles. The first-order chi connectivity index (χ1) is 10.7. The number of primary amides is 1. The number of ether oxygens (including phenoxy) is 1. The van der Waals surface area contributed by atoms with Gasteiger partial charge < -0.3 is 15.8 Å². The van der Waals surface area contributed by atoms with E-state index in [9.17, 15) is 9.59 Å². The van der Waals surface area contributed by atoms with Crippen LogP contribution in [0, 0.1) is 0 Å². The Balaban J connectivity index is 1.87. The Morgan fingerprint density at radius 1 is 1.14 bits per heavy atom. The van der Waals surface area contributed by atoms with E-state index in [2.05, 4.69) is 5.32 Å².